The number of thioether (sulfide) groups is 2. The summed E-state index contributed by atoms with van der Waals surface area (Å²) in [5, 5.41) is 11.3. The lowest BCUT2D eigenvalue weighted by atomic mass is 10.1. The molecule has 1 aliphatic rings. The average Bonchev–Trinajstić information content (AvgIpc) is 2.78. The summed E-state index contributed by atoms with van der Waals surface area (Å²) in [6.45, 7) is 5.38. The molecule has 102 valence electrons. The highest BCUT2D eigenvalue weighted by Gasteiger charge is 2.29. The molecule has 0 amide bonds. The first-order valence-corrected chi connectivity index (χ1v) is 8.73. The number of aliphatic hydroxyl groups excluding tert-OH is 1. The van der Waals surface area contributed by atoms with Gasteiger partial charge in [-0.1, -0.05) is 13.8 Å². The zero-order valence-electron chi connectivity index (χ0n) is 11.1. The van der Waals surface area contributed by atoms with Crippen LogP contribution in [-0.2, 0) is 13.0 Å². The van der Waals surface area contributed by atoms with Crippen molar-refractivity contribution in [3.63, 3.8) is 0 Å². The monoisotopic (exact) mass is 286 g/mol. The van der Waals surface area contributed by atoms with E-state index in [9.17, 15) is 5.11 Å². The summed E-state index contributed by atoms with van der Waals surface area (Å²) in [5.74, 6) is 3.38. The second-order valence-corrected chi connectivity index (χ2v) is 7.49. The van der Waals surface area contributed by atoms with Gasteiger partial charge >= 0.3 is 0 Å². The number of imidazole rings is 1. The van der Waals surface area contributed by atoms with Gasteiger partial charge in [0.1, 0.15) is 5.82 Å². The van der Waals surface area contributed by atoms with E-state index in [1.165, 1.54) is 5.75 Å². The molecule has 0 spiro atoms. The smallest absolute Gasteiger partial charge is 0.111 e. The van der Waals surface area contributed by atoms with Crippen molar-refractivity contribution in [3.8, 4) is 0 Å². The Morgan fingerprint density at radius 3 is 3.00 bits per heavy atom. The fourth-order valence-electron chi connectivity index (χ4n) is 2.35. The summed E-state index contributed by atoms with van der Waals surface area (Å²) in [6, 6.07) is 0. The fourth-order valence-corrected chi connectivity index (χ4v) is 5.20. The predicted molar refractivity (Wildman–Crippen MR) is 80.4 cm³/mol. The Kier molecular flexibility index (Phi) is 5.45. The molecule has 3 unspecified atom stereocenters. The largest absolute Gasteiger partial charge is 0.391 e. The molecule has 1 saturated heterocycles. The van der Waals surface area contributed by atoms with Crippen LogP contribution >= 0.6 is 23.5 Å². The molecule has 2 heterocycles. The Balaban J connectivity index is 1.97. The quantitative estimate of drug-likeness (QED) is 0.902. The van der Waals surface area contributed by atoms with Crippen LogP contribution in [0.5, 0.6) is 0 Å². The van der Waals surface area contributed by atoms with Crippen LogP contribution < -0.4 is 0 Å². The fraction of sp³-hybridized carbons (Fsp3) is 0.769. The van der Waals surface area contributed by atoms with E-state index in [0.29, 0.717) is 16.9 Å². The van der Waals surface area contributed by atoms with Crippen LogP contribution in [0.3, 0.4) is 0 Å². The Hall–Kier alpha value is -0.130. The van der Waals surface area contributed by atoms with Gasteiger partial charge in [-0.05, 0) is 6.42 Å². The highest BCUT2D eigenvalue weighted by Crippen LogP contribution is 2.33. The van der Waals surface area contributed by atoms with Crippen LogP contribution in [0.25, 0.3) is 0 Å². The molecule has 3 atom stereocenters. The molecule has 0 radical (unpaired) electrons. The van der Waals surface area contributed by atoms with Crippen molar-refractivity contribution in [3.05, 3.63) is 18.2 Å². The number of hydrogen-bond acceptors (Lipinski definition) is 4. The van der Waals surface area contributed by atoms with Crippen molar-refractivity contribution in [2.45, 2.75) is 49.8 Å². The van der Waals surface area contributed by atoms with Crippen molar-refractivity contribution in [1.29, 1.82) is 0 Å². The van der Waals surface area contributed by atoms with E-state index in [1.807, 2.05) is 35.9 Å². The lowest BCUT2D eigenvalue weighted by molar-refractivity contribution is 0.167. The number of aliphatic hydroxyl groups is 1. The predicted octanol–water partition coefficient (Wildman–Crippen LogP) is 2.43. The number of rotatable bonds is 5. The molecule has 1 fully saturated rings. The summed E-state index contributed by atoms with van der Waals surface area (Å²) >= 11 is 3.89. The van der Waals surface area contributed by atoms with Gasteiger partial charge in [0.15, 0.2) is 0 Å². The second-order valence-electron chi connectivity index (χ2n) is 4.72. The summed E-state index contributed by atoms with van der Waals surface area (Å²) in [5.41, 5.74) is 0. The maximum Gasteiger partial charge on any atom is 0.111 e. The standard InChI is InChI=1S/C13H22N2OS2/c1-3-5-15-6-4-14-12(15)9-11(16)13-10(2)17-7-8-18-13/h4,6,10-11,13,16H,3,5,7-9H2,1-2H3. The van der Waals surface area contributed by atoms with E-state index < -0.39 is 0 Å². The third kappa shape index (κ3) is 3.45. The summed E-state index contributed by atoms with van der Waals surface area (Å²) in [4.78, 5) is 4.38. The van der Waals surface area contributed by atoms with Crippen LogP contribution in [0.15, 0.2) is 12.4 Å². The SMILES string of the molecule is CCCn1ccnc1CC(O)C1SCCSC1C. The lowest BCUT2D eigenvalue weighted by Crippen LogP contribution is -2.36. The third-order valence-electron chi connectivity index (χ3n) is 3.27. The third-order valence-corrected chi connectivity index (χ3v) is 6.51. The zero-order valence-corrected chi connectivity index (χ0v) is 12.7. The average molecular weight is 286 g/mol. The maximum atomic E-state index is 10.4. The Morgan fingerprint density at radius 2 is 2.28 bits per heavy atom. The molecule has 0 aliphatic carbocycles. The summed E-state index contributed by atoms with van der Waals surface area (Å²) in [7, 11) is 0. The first-order valence-electron chi connectivity index (χ1n) is 6.63. The van der Waals surface area contributed by atoms with Gasteiger partial charge in [0, 0.05) is 47.4 Å². The minimum atomic E-state index is -0.282. The highest BCUT2D eigenvalue weighted by atomic mass is 32.2. The van der Waals surface area contributed by atoms with Crippen molar-refractivity contribution in [2.75, 3.05) is 11.5 Å². The van der Waals surface area contributed by atoms with Gasteiger partial charge in [0.2, 0.25) is 0 Å². The molecule has 2 rings (SSSR count). The molecule has 1 aliphatic heterocycles. The summed E-state index contributed by atoms with van der Waals surface area (Å²) in [6.07, 6.45) is 5.34. The van der Waals surface area contributed by atoms with E-state index in [-0.39, 0.29) is 6.10 Å². The normalized spacial score (nSPS) is 26.2. The van der Waals surface area contributed by atoms with E-state index in [4.69, 9.17) is 0 Å². The van der Waals surface area contributed by atoms with Crippen molar-refractivity contribution in [1.82, 2.24) is 9.55 Å². The molecule has 1 N–H and O–H groups in total. The van der Waals surface area contributed by atoms with Crippen LogP contribution in [0.4, 0.5) is 0 Å². The van der Waals surface area contributed by atoms with Gasteiger partial charge in [-0.3, -0.25) is 0 Å². The Labute approximate surface area is 118 Å². The Bertz CT molecular complexity index is 370. The molecular weight excluding hydrogens is 264 g/mol. The minimum absolute atomic E-state index is 0.282. The molecule has 0 saturated carbocycles. The summed E-state index contributed by atoms with van der Waals surface area (Å²) < 4.78 is 2.16. The van der Waals surface area contributed by atoms with E-state index >= 15 is 0 Å². The molecule has 5 heteroatoms. The van der Waals surface area contributed by atoms with E-state index in [1.54, 1.807) is 0 Å². The number of aryl methyl sites for hydroxylation is 1. The first kappa shape index (κ1) is 14.3. The van der Waals surface area contributed by atoms with Crippen LogP contribution in [0.2, 0.25) is 0 Å². The van der Waals surface area contributed by atoms with E-state index in [0.717, 1.165) is 24.5 Å². The van der Waals surface area contributed by atoms with Gasteiger partial charge in [-0.25, -0.2) is 4.98 Å². The van der Waals surface area contributed by atoms with E-state index in [2.05, 4.69) is 23.4 Å². The molecule has 0 bridgehead atoms. The maximum absolute atomic E-state index is 10.4. The topological polar surface area (TPSA) is 38.0 Å². The van der Waals surface area contributed by atoms with Gasteiger partial charge in [0.25, 0.3) is 0 Å². The first-order chi connectivity index (χ1) is 8.72. The molecule has 3 nitrogen and oxygen atoms in total. The number of hydrogen-bond donors (Lipinski definition) is 1. The molecule has 1 aromatic heterocycles. The Morgan fingerprint density at radius 1 is 1.50 bits per heavy atom. The van der Waals surface area contributed by atoms with Gasteiger partial charge in [0.05, 0.1) is 6.10 Å². The van der Waals surface area contributed by atoms with Crippen LogP contribution in [-0.4, -0.2) is 42.8 Å². The lowest BCUT2D eigenvalue weighted by Gasteiger charge is -2.31. The van der Waals surface area contributed by atoms with Crippen molar-refractivity contribution in [2.24, 2.45) is 0 Å². The van der Waals surface area contributed by atoms with Gasteiger partial charge in [-0.2, -0.15) is 23.5 Å². The minimum Gasteiger partial charge on any atom is -0.391 e. The highest BCUT2D eigenvalue weighted by molar-refractivity contribution is 8.07. The van der Waals surface area contributed by atoms with Gasteiger partial charge < -0.3 is 9.67 Å². The van der Waals surface area contributed by atoms with Crippen LogP contribution in [0.1, 0.15) is 26.1 Å². The number of nitrogens with zero attached hydrogens (tertiary/aromatic N) is 2. The van der Waals surface area contributed by atoms with Crippen molar-refractivity contribution >= 4 is 23.5 Å². The number of aromatic nitrogens is 2. The molecule has 18 heavy (non-hydrogen) atoms. The molecular formula is C13H22N2OS2. The zero-order chi connectivity index (χ0) is 13.0. The van der Waals surface area contributed by atoms with Crippen molar-refractivity contribution < 1.29 is 5.11 Å². The van der Waals surface area contributed by atoms with Gasteiger partial charge in [-0.15, -0.1) is 0 Å². The van der Waals surface area contributed by atoms with Crippen LogP contribution in [0, 0.1) is 0 Å². The molecule has 1 aromatic rings. The molecule has 0 aromatic carbocycles. The second kappa shape index (κ2) is 6.87.